The third-order valence-corrected chi connectivity index (χ3v) is 7.73. The molecule has 0 saturated carbocycles. The molecule has 10 nitrogen and oxygen atoms in total. The van der Waals surface area contributed by atoms with Gasteiger partial charge in [0.2, 0.25) is 12.7 Å². The second-order valence-electron chi connectivity index (χ2n) is 11.6. The SMILES string of the molecule is CCCCN(CCC[N+](C)(C)C)C(=O)CN1C[C@H](c2ccc3c(c2)OCO3)C(C(=O)O)[C@@H]1CCc1ncco1. The number of aryl methyl sites for hydroxylation is 1. The van der Waals surface area contributed by atoms with Crippen LogP contribution in [0.1, 0.15) is 50.0 Å². The third kappa shape index (κ3) is 7.51. The summed E-state index contributed by atoms with van der Waals surface area (Å²) in [6.07, 6.45) is 7.03. The number of likely N-dealkylation sites (tertiary alicyclic amines) is 1. The highest BCUT2D eigenvalue weighted by Gasteiger charge is 2.47. The number of carboxylic acids is 1. The van der Waals surface area contributed by atoms with Crippen LogP contribution in [0.4, 0.5) is 0 Å². The van der Waals surface area contributed by atoms with Crippen molar-refractivity contribution in [2.24, 2.45) is 5.92 Å². The van der Waals surface area contributed by atoms with Crippen molar-refractivity contribution in [2.75, 3.05) is 60.7 Å². The predicted octanol–water partition coefficient (Wildman–Crippen LogP) is 3.23. The molecule has 2 aliphatic rings. The molecule has 1 amide bonds. The standard InChI is InChI=1S/C29H42N4O6/c1-5-6-13-31(14-7-15-33(2,3)4)27(34)19-32-18-22(21-8-10-24-25(17-21)39-20-38-24)28(29(35)36)23(32)9-11-26-30-12-16-37-26/h8,10,12,16-17,22-23,28H,5-7,9,11,13-15,18-20H2,1-4H3/p+1/t22-,23+,28?/m1/s1. The van der Waals surface area contributed by atoms with Crippen LogP contribution < -0.4 is 9.47 Å². The fourth-order valence-electron chi connectivity index (χ4n) is 5.70. The van der Waals surface area contributed by atoms with Gasteiger partial charge in [0.05, 0.1) is 46.3 Å². The van der Waals surface area contributed by atoms with E-state index in [1.165, 1.54) is 6.26 Å². The Morgan fingerprint density at radius 3 is 2.62 bits per heavy atom. The van der Waals surface area contributed by atoms with Gasteiger partial charge in [-0.15, -0.1) is 0 Å². The van der Waals surface area contributed by atoms with Gasteiger partial charge in [-0.05, 0) is 30.5 Å². The number of oxazole rings is 1. The lowest BCUT2D eigenvalue weighted by Gasteiger charge is -2.30. The number of unbranched alkanes of at least 4 members (excludes halogenated alkanes) is 1. The average Bonchev–Trinajstić information content (AvgIpc) is 3.63. The van der Waals surface area contributed by atoms with Gasteiger partial charge >= 0.3 is 5.97 Å². The van der Waals surface area contributed by atoms with Crippen LogP contribution in [0.25, 0.3) is 0 Å². The van der Waals surface area contributed by atoms with Crippen LogP contribution in [0, 0.1) is 5.92 Å². The Kier molecular flexibility index (Phi) is 9.50. The number of nitrogens with zero attached hydrogens (tertiary/aromatic N) is 4. The Balaban J connectivity index is 1.55. The van der Waals surface area contributed by atoms with E-state index in [0.717, 1.165) is 42.4 Å². The highest BCUT2D eigenvalue weighted by Crippen LogP contribution is 2.43. The van der Waals surface area contributed by atoms with Crippen molar-refractivity contribution in [1.82, 2.24) is 14.8 Å². The summed E-state index contributed by atoms with van der Waals surface area (Å²) in [5.41, 5.74) is 0.883. The van der Waals surface area contributed by atoms with Gasteiger partial charge in [-0.25, -0.2) is 4.98 Å². The molecule has 1 N–H and O–H groups in total. The van der Waals surface area contributed by atoms with Gasteiger partial charge in [0.15, 0.2) is 17.4 Å². The molecule has 0 radical (unpaired) electrons. The molecular formula is C29H43N4O6+. The van der Waals surface area contributed by atoms with Crippen molar-refractivity contribution >= 4 is 11.9 Å². The quantitative estimate of drug-likeness (QED) is 0.362. The van der Waals surface area contributed by atoms with Gasteiger partial charge in [-0.1, -0.05) is 19.4 Å². The number of carbonyl (C=O) groups excluding carboxylic acids is 1. The maximum atomic E-state index is 13.7. The molecule has 0 spiro atoms. The van der Waals surface area contributed by atoms with E-state index in [-0.39, 0.29) is 31.2 Å². The lowest BCUT2D eigenvalue weighted by Crippen LogP contribution is -2.45. The molecule has 214 valence electrons. The third-order valence-electron chi connectivity index (χ3n) is 7.73. The van der Waals surface area contributed by atoms with E-state index in [9.17, 15) is 14.7 Å². The Morgan fingerprint density at radius 1 is 1.15 bits per heavy atom. The van der Waals surface area contributed by atoms with Crippen LogP contribution in [0.3, 0.4) is 0 Å². The molecule has 1 fully saturated rings. The van der Waals surface area contributed by atoms with Gasteiger partial charge in [0, 0.05) is 44.4 Å². The van der Waals surface area contributed by atoms with E-state index >= 15 is 0 Å². The zero-order chi connectivity index (χ0) is 28.0. The van der Waals surface area contributed by atoms with E-state index in [1.54, 1.807) is 6.20 Å². The van der Waals surface area contributed by atoms with E-state index < -0.39 is 11.9 Å². The average molecular weight is 544 g/mol. The zero-order valence-corrected chi connectivity index (χ0v) is 23.7. The van der Waals surface area contributed by atoms with E-state index in [2.05, 4.69) is 38.0 Å². The number of amides is 1. The molecular weight excluding hydrogens is 500 g/mol. The monoisotopic (exact) mass is 543 g/mol. The fourth-order valence-corrected chi connectivity index (χ4v) is 5.70. The first-order valence-electron chi connectivity index (χ1n) is 14.0. The summed E-state index contributed by atoms with van der Waals surface area (Å²) in [7, 11) is 6.47. The molecule has 0 aliphatic carbocycles. The van der Waals surface area contributed by atoms with Crippen molar-refractivity contribution in [1.29, 1.82) is 0 Å². The van der Waals surface area contributed by atoms with Gasteiger partial charge in [0.1, 0.15) is 6.26 Å². The first-order chi connectivity index (χ1) is 18.7. The number of fused-ring (bicyclic) bond motifs is 1. The minimum atomic E-state index is -0.865. The highest BCUT2D eigenvalue weighted by atomic mass is 16.7. The number of quaternary nitrogens is 1. The zero-order valence-electron chi connectivity index (χ0n) is 23.7. The van der Waals surface area contributed by atoms with Crippen LogP contribution in [-0.2, 0) is 16.0 Å². The predicted molar refractivity (Wildman–Crippen MR) is 146 cm³/mol. The second-order valence-corrected chi connectivity index (χ2v) is 11.6. The van der Waals surface area contributed by atoms with E-state index in [4.69, 9.17) is 13.9 Å². The number of carbonyl (C=O) groups is 2. The maximum Gasteiger partial charge on any atom is 0.308 e. The summed E-state index contributed by atoms with van der Waals surface area (Å²) in [6.45, 7) is 5.35. The van der Waals surface area contributed by atoms with Crippen LogP contribution >= 0.6 is 0 Å². The summed E-state index contributed by atoms with van der Waals surface area (Å²) in [5, 5.41) is 10.4. The number of hydrogen-bond acceptors (Lipinski definition) is 7. The molecule has 1 unspecified atom stereocenters. The summed E-state index contributed by atoms with van der Waals surface area (Å²) < 4.78 is 17.3. The van der Waals surface area contributed by atoms with Crippen molar-refractivity contribution in [2.45, 2.75) is 51.0 Å². The number of benzene rings is 1. The molecule has 4 rings (SSSR count). The largest absolute Gasteiger partial charge is 0.481 e. The Labute approximate surface area is 231 Å². The lowest BCUT2D eigenvalue weighted by molar-refractivity contribution is -0.870. The minimum Gasteiger partial charge on any atom is -0.481 e. The van der Waals surface area contributed by atoms with Crippen LogP contribution in [0.2, 0.25) is 0 Å². The van der Waals surface area contributed by atoms with Crippen molar-refractivity contribution in [3.05, 3.63) is 42.1 Å². The number of ether oxygens (including phenoxy) is 2. The minimum absolute atomic E-state index is 0.0569. The molecule has 39 heavy (non-hydrogen) atoms. The highest BCUT2D eigenvalue weighted by molar-refractivity contribution is 5.79. The smallest absolute Gasteiger partial charge is 0.308 e. The lowest BCUT2D eigenvalue weighted by atomic mass is 9.83. The molecule has 0 bridgehead atoms. The second kappa shape index (κ2) is 12.8. The summed E-state index contributed by atoms with van der Waals surface area (Å²) >= 11 is 0. The Morgan fingerprint density at radius 2 is 1.92 bits per heavy atom. The Bertz CT molecular complexity index is 1100. The number of aliphatic carboxylic acids is 1. The number of aromatic nitrogens is 1. The van der Waals surface area contributed by atoms with Crippen molar-refractivity contribution in [3.63, 3.8) is 0 Å². The van der Waals surface area contributed by atoms with E-state index in [0.29, 0.717) is 43.3 Å². The topological polar surface area (TPSA) is 105 Å². The van der Waals surface area contributed by atoms with Crippen molar-refractivity contribution in [3.8, 4) is 11.5 Å². The van der Waals surface area contributed by atoms with Crippen LogP contribution in [0.5, 0.6) is 11.5 Å². The molecule has 3 atom stereocenters. The Hall–Kier alpha value is -3.11. The van der Waals surface area contributed by atoms with Gasteiger partial charge < -0.3 is 28.4 Å². The number of carboxylic acid groups (broad SMARTS) is 1. The van der Waals surface area contributed by atoms with Crippen LogP contribution in [0.15, 0.2) is 35.1 Å². The maximum absolute atomic E-state index is 13.7. The molecule has 1 aromatic heterocycles. The molecule has 2 aliphatic heterocycles. The summed E-state index contributed by atoms with van der Waals surface area (Å²) in [5.74, 6) is 0.0816. The van der Waals surface area contributed by atoms with Crippen molar-refractivity contribution < 1.29 is 33.1 Å². The molecule has 3 heterocycles. The normalized spacial score (nSPS) is 20.9. The first-order valence-corrected chi connectivity index (χ1v) is 14.0. The van der Waals surface area contributed by atoms with Gasteiger partial charge in [-0.3, -0.25) is 14.5 Å². The van der Waals surface area contributed by atoms with E-state index in [1.807, 2.05) is 23.1 Å². The number of rotatable bonds is 14. The summed E-state index contributed by atoms with van der Waals surface area (Å²) in [4.78, 5) is 34.6. The van der Waals surface area contributed by atoms with Gasteiger partial charge in [0.25, 0.3) is 0 Å². The molecule has 1 saturated heterocycles. The summed E-state index contributed by atoms with van der Waals surface area (Å²) in [6, 6.07) is 5.31. The van der Waals surface area contributed by atoms with Crippen LogP contribution in [-0.4, -0.2) is 103 Å². The molecule has 10 heteroatoms. The number of hydrogen-bond donors (Lipinski definition) is 1. The fraction of sp³-hybridized carbons (Fsp3) is 0.621. The first kappa shape index (κ1) is 28.9. The molecule has 2 aromatic rings. The van der Waals surface area contributed by atoms with Gasteiger partial charge in [-0.2, -0.15) is 0 Å². The molecule has 1 aromatic carbocycles.